The van der Waals surface area contributed by atoms with Gasteiger partial charge in [-0.15, -0.1) is 11.3 Å². The molecule has 0 spiro atoms. The van der Waals surface area contributed by atoms with Crippen molar-refractivity contribution in [2.24, 2.45) is 4.99 Å². The standard InChI is InChI=1S/C22H21F2N3OS/c1-25-22-27(26-19-9-5-3-7-15-6-2-4-8-18(15)19)20(14-29-22)16-10-12-17(13-11-16)28-21(23)24/h2,4,6,8-14,21,26H,3,5,7H2,1H3. The second-order valence-corrected chi connectivity index (χ2v) is 7.48. The van der Waals surface area contributed by atoms with Crippen molar-refractivity contribution >= 4 is 17.0 Å². The molecular formula is C22H21F2N3OS. The molecule has 4 rings (SSSR count). The number of fused-ring (bicyclic) bond motifs is 1. The Labute approximate surface area is 171 Å². The summed E-state index contributed by atoms with van der Waals surface area (Å²) in [6, 6.07) is 15.1. The number of nitrogens with zero attached hydrogens (tertiary/aromatic N) is 2. The molecule has 0 saturated heterocycles. The van der Waals surface area contributed by atoms with E-state index in [1.807, 2.05) is 16.1 Å². The first-order chi connectivity index (χ1) is 14.2. The van der Waals surface area contributed by atoms with Crippen LogP contribution in [0.2, 0.25) is 0 Å². The zero-order valence-electron chi connectivity index (χ0n) is 15.9. The van der Waals surface area contributed by atoms with Crippen LogP contribution >= 0.6 is 11.3 Å². The summed E-state index contributed by atoms with van der Waals surface area (Å²) in [5.74, 6) is 0.138. The summed E-state index contributed by atoms with van der Waals surface area (Å²) in [6.07, 6.45) is 5.38. The van der Waals surface area contributed by atoms with Gasteiger partial charge in [0, 0.05) is 23.6 Å². The highest BCUT2D eigenvalue weighted by atomic mass is 32.1. The van der Waals surface area contributed by atoms with E-state index in [1.165, 1.54) is 22.5 Å². The number of nitrogens with one attached hydrogen (secondary N) is 1. The van der Waals surface area contributed by atoms with Crippen molar-refractivity contribution in [3.05, 3.63) is 75.9 Å². The Bertz CT molecular complexity index is 1080. The van der Waals surface area contributed by atoms with Gasteiger partial charge in [0.25, 0.3) is 0 Å². The maximum Gasteiger partial charge on any atom is 0.387 e. The predicted molar refractivity (Wildman–Crippen MR) is 113 cm³/mol. The summed E-state index contributed by atoms with van der Waals surface area (Å²) in [5.41, 5.74) is 8.88. The number of alkyl halides is 2. The lowest BCUT2D eigenvalue weighted by atomic mass is 10.0. The van der Waals surface area contributed by atoms with E-state index < -0.39 is 6.61 Å². The average Bonchev–Trinajstić information content (AvgIpc) is 3.01. The van der Waals surface area contributed by atoms with Crippen LogP contribution in [0.15, 0.2) is 65.0 Å². The molecule has 2 aromatic carbocycles. The quantitative estimate of drug-likeness (QED) is 0.619. The second-order valence-electron chi connectivity index (χ2n) is 6.64. The Morgan fingerprint density at radius 2 is 1.93 bits per heavy atom. The van der Waals surface area contributed by atoms with E-state index in [2.05, 4.69) is 39.4 Å². The first kappa shape index (κ1) is 19.4. The molecule has 0 atom stereocenters. The van der Waals surface area contributed by atoms with Gasteiger partial charge in [-0.25, -0.2) is 4.68 Å². The number of rotatable bonds is 5. The van der Waals surface area contributed by atoms with Gasteiger partial charge < -0.3 is 4.74 Å². The molecule has 0 fully saturated rings. The van der Waals surface area contributed by atoms with Crippen LogP contribution in [-0.2, 0) is 6.42 Å². The molecule has 0 bridgehead atoms. The van der Waals surface area contributed by atoms with Crippen LogP contribution in [0.4, 0.5) is 8.78 Å². The first-order valence-corrected chi connectivity index (χ1v) is 10.3. The van der Waals surface area contributed by atoms with E-state index in [4.69, 9.17) is 0 Å². The summed E-state index contributed by atoms with van der Waals surface area (Å²) in [5, 5.41) is 2.00. The van der Waals surface area contributed by atoms with Crippen molar-refractivity contribution in [2.75, 3.05) is 12.5 Å². The number of hydrogen-bond donors (Lipinski definition) is 1. The highest BCUT2D eigenvalue weighted by Gasteiger charge is 2.15. The monoisotopic (exact) mass is 413 g/mol. The molecule has 0 saturated carbocycles. The predicted octanol–water partition coefficient (Wildman–Crippen LogP) is 5.27. The number of thiazole rings is 1. The molecule has 0 unspecified atom stereocenters. The molecular weight excluding hydrogens is 392 g/mol. The molecule has 3 aromatic rings. The number of hydrogen-bond acceptors (Lipinski definition) is 4. The molecule has 7 heteroatoms. The molecule has 0 radical (unpaired) electrons. The number of allylic oxidation sites excluding steroid dienone is 1. The lowest BCUT2D eigenvalue weighted by molar-refractivity contribution is -0.0498. The van der Waals surface area contributed by atoms with Crippen molar-refractivity contribution in [2.45, 2.75) is 25.9 Å². The zero-order chi connectivity index (χ0) is 20.2. The molecule has 150 valence electrons. The number of aryl methyl sites for hydroxylation is 1. The first-order valence-electron chi connectivity index (χ1n) is 9.40. The number of halogens is 2. The van der Waals surface area contributed by atoms with Crippen molar-refractivity contribution in [3.63, 3.8) is 0 Å². The molecule has 1 aromatic heterocycles. The second kappa shape index (κ2) is 8.61. The van der Waals surface area contributed by atoms with Crippen LogP contribution in [0, 0.1) is 0 Å². The molecule has 1 aliphatic rings. The Morgan fingerprint density at radius 1 is 1.14 bits per heavy atom. The molecule has 1 aliphatic carbocycles. The van der Waals surface area contributed by atoms with Crippen LogP contribution < -0.4 is 15.0 Å². The van der Waals surface area contributed by atoms with Crippen molar-refractivity contribution in [1.29, 1.82) is 0 Å². The van der Waals surface area contributed by atoms with Crippen LogP contribution in [0.25, 0.3) is 17.0 Å². The largest absolute Gasteiger partial charge is 0.435 e. The summed E-state index contributed by atoms with van der Waals surface area (Å²) < 4.78 is 31.2. The van der Waals surface area contributed by atoms with Crippen LogP contribution in [-0.4, -0.2) is 18.3 Å². The number of aromatic nitrogens is 1. The van der Waals surface area contributed by atoms with Gasteiger partial charge in [-0.3, -0.25) is 10.4 Å². The Hall–Kier alpha value is -2.93. The van der Waals surface area contributed by atoms with Crippen LogP contribution in [0.5, 0.6) is 5.75 Å². The SMILES string of the molecule is CN=c1scc(-c2ccc(OC(F)F)cc2)n1NC1=CCCCc2ccccc21. The highest BCUT2D eigenvalue weighted by molar-refractivity contribution is 7.07. The van der Waals surface area contributed by atoms with Gasteiger partial charge in [-0.05, 0) is 49.1 Å². The van der Waals surface area contributed by atoms with Gasteiger partial charge >= 0.3 is 6.61 Å². The van der Waals surface area contributed by atoms with E-state index in [1.54, 1.807) is 31.3 Å². The van der Waals surface area contributed by atoms with E-state index in [9.17, 15) is 8.78 Å². The lowest BCUT2D eigenvalue weighted by Crippen LogP contribution is -2.25. The van der Waals surface area contributed by atoms with Crippen LogP contribution in [0.3, 0.4) is 0 Å². The zero-order valence-corrected chi connectivity index (χ0v) is 16.8. The maximum absolute atomic E-state index is 12.4. The smallest absolute Gasteiger partial charge is 0.387 e. The minimum Gasteiger partial charge on any atom is -0.435 e. The number of benzene rings is 2. The molecule has 29 heavy (non-hydrogen) atoms. The number of ether oxygens (including phenoxy) is 1. The molecule has 1 N–H and O–H groups in total. The average molecular weight is 413 g/mol. The summed E-state index contributed by atoms with van der Waals surface area (Å²) in [4.78, 5) is 5.20. The fourth-order valence-corrected chi connectivity index (χ4v) is 4.27. The van der Waals surface area contributed by atoms with E-state index >= 15 is 0 Å². The van der Waals surface area contributed by atoms with Crippen molar-refractivity contribution in [3.8, 4) is 17.0 Å². The normalized spacial score (nSPS) is 14.3. The molecule has 1 heterocycles. The third-order valence-electron chi connectivity index (χ3n) is 4.81. The summed E-state index contributed by atoms with van der Waals surface area (Å²) in [6.45, 7) is -2.83. The molecule has 0 amide bonds. The van der Waals surface area contributed by atoms with Crippen molar-refractivity contribution < 1.29 is 13.5 Å². The fraction of sp³-hybridized carbons (Fsp3) is 0.227. The fourth-order valence-electron chi connectivity index (χ4n) is 3.46. The van der Waals surface area contributed by atoms with Gasteiger partial charge in [0.05, 0.1) is 11.4 Å². The minimum atomic E-state index is -2.83. The highest BCUT2D eigenvalue weighted by Crippen LogP contribution is 2.27. The van der Waals surface area contributed by atoms with Gasteiger partial charge in [-0.2, -0.15) is 8.78 Å². The molecule has 4 nitrogen and oxygen atoms in total. The van der Waals surface area contributed by atoms with E-state index in [0.717, 1.165) is 41.0 Å². The third-order valence-corrected chi connectivity index (χ3v) is 5.73. The van der Waals surface area contributed by atoms with Crippen molar-refractivity contribution in [1.82, 2.24) is 4.68 Å². The minimum absolute atomic E-state index is 0.138. The van der Waals surface area contributed by atoms with E-state index in [-0.39, 0.29) is 5.75 Å². The summed E-state index contributed by atoms with van der Waals surface area (Å²) >= 11 is 1.52. The molecule has 0 aliphatic heterocycles. The third kappa shape index (κ3) is 4.24. The topological polar surface area (TPSA) is 38.5 Å². The maximum atomic E-state index is 12.4. The van der Waals surface area contributed by atoms with Gasteiger partial charge in [-0.1, -0.05) is 30.3 Å². The van der Waals surface area contributed by atoms with Crippen LogP contribution in [0.1, 0.15) is 24.0 Å². The van der Waals surface area contributed by atoms with E-state index in [0.29, 0.717) is 0 Å². The Morgan fingerprint density at radius 3 is 2.69 bits per heavy atom. The van der Waals surface area contributed by atoms with Gasteiger partial charge in [0.1, 0.15) is 5.75 Å². The summed E-state index contributed by atoms with van der Waals surface area (Å²) in [7, 11) is 1.75. The Balaban J connectivity index is 1.71. The lowest BCUT2D eigenvalue weighted by Gasteiger charge is -2.17. The van der Waals surface area contributed by atoms with Gasteiger partial charge in [0.2, 0.25) is 4.80 Å². The van der Waals surface area contributed by atoms with Gasteiger partial charge in [0.15, 0.2) is 0 Å². The Kier molecular flexibility index (Phi) is 5.76.